The number of hydrogen-bond donors (Lipinski definition) is 1. The van der Waals surface area contributed by atoms with Crippen LogP contribution in [0.4, 0.5) is 4.39 Å². The van der Waals surface area contributed by atoms with Gasteiger partial charge in [0.05, 0.1) is 16.0 Å². The van der Waals surface area contributed by atoms with Crippen LogP contribution in [-0.4, -0.2) is 25.3 Å². The first-order valence-corrected chi connectivity index (χ1v) is 8.07. The minimum Gasteiger partial charge on any atom is -0.386 e. The van der Waals surface area contributed by atoms with E-state index in [9.17, 15) is 13.7 Å². The van der Waals surface area contributed by atoms with Crippen LogP contribution in [0.2, 0.25) is 0 Å². The Morgan fingerprint density at radius 2 is 2.00 bits per heavy atom. The molecule has 6 heteroatoms. The highest BCUT2D eigenvalue weighted by atomic mass is 35.5. The van der Waals surface area contributed by atoms with E-state index in [1.165, 1.54) is 0 Å². The lowest BCUT2D eigenvalue weighted by Gasteiger charge is -2.26. The summed E-state index contributed by atoms with van der Waals surface area (Å²) in [5.74, 6) is 0. The van der Waals surface area contributed by atoms with Gasteiger partial charge >= 0.3 is 0 Å². The smallest absolute Gasteiger partial charge is 0.284 e. The van der Waals surface area contributed by atoms with Gasteiger partial charge in [0.25, 0.3) is 4.59 Å². The molecule has 1 aromatic carbocycles. The molecule has 3 atom stereocenters. The largest absolute Gasteiger partial charge is 0.386 e. The van der Waals surface area contributed by atoms with Crippen LogP contribution in [0.15, 0.2) is 41.8 Å². The molecule has 0 unspecified atom stereocenters. The summed E-state index contributed by atoms with van der Waals surface area (Å²) in [6.07, 6.45) is 0.612. The maximum Gasteiger partial charge on any atom is 0.284 e. The summed E-state index contributed by atoms with van der Waals surface area (Å²) >= 11 is 10.6. The summed E-state index contributed by atoms with van der Waals surface area (Å²) in [5.41, 5.74) is 1.02. The second kappa shape index (κ2) is 7.55. The lowest BCUT2D eigenvalue weighted by atomic mass is 10.1. The molecule has 0 aliphatic heterocycles. The van der Waals surface area contributed by atoms with Gasteiger partial charge in [0.2, 0.25) is 0 Å². The summed E-state index contributed by atoms with van der Waals surface area (Å²) < 4.78 is 23.2. The number of aliphatic hydroxyl groups excluding tert-OH is 1. The van der Waals surface area contributed by atoms with Crippen molar-refractivity contribution in [1.82, 2.24) is 0 Å². The number of aryl methyl sites for hydroxylation is 1. The van der Waals surface area contributed by atoms with E-state index in [2.05, 4.69) is 6.58 Å². The number of halogens is 3. The van der Waals surface area contributed by atoms with Crippen molar-refractivity contribution in [1.29, 1.82) is 0 Å². The Morgan fingerprint density at radius 1 is 1.45 bits per heavy atom. The van der Waals surface area contributed by atoms with E-state index in [0.717, 1.165) is 5.56 Å². The number of benzene rings is 1. The number of alkyl halides is 3. The lowest BCUT2D eigenvalue weighted by molar-refractivity contribution is 0.0920. The average Bonchev–Trinajstić information content (AvgIpc) is 2.38. The van der Waals surface area contributed by atoms with Crippen LogP contribution in [0.5, 0.6) is 0 Å². The Kier molecular flexibility index (Phi) is 6.65. The van der Waals surface area contributed by atoms with Crippen LogP contribution in [0.25, 0.3) is 0 Å². The van der Waals surface area contributed by atoms with Gasteiger partial charge in [0.15, 0.2) is 0 Å². The molecule has 0 heterocycles. The van der Waals surface area contributed by atoms with Crippen molar-refractivity contribution in [2.45, 2.75) is 40.6 Å². The molecule has 0 radical (unpaired) electrons. The molecule has 0 aromatic heterocycles. The van der Waals surface area contributed by atoms with E-state index in [4.69, 9.17) is 23.2 Å². The van der Waals surface area contributed by atoms with Crippen molar-refractivity contribution in [3.63, 3.8) is 0 Å². The monoisotopic (exact) mass is 338 g/mol. The fourth-order valence-electron chi connectivity index (χ4n) is 1.72. The molecule has 0 aliphatic rings. The molecule has 0 saturated heterocycles. The van der Waals surface area contributed by atoms with E-state index >= 15 is 0 Å². The Balaban J connectivity index is 3.00. The van der Waals surface area contributed by atoms with Crippen LogP contribution in [-0.2, 0) is 10.8 Å². The first-order valence-electron chi connectivity index (χ1n) is 6.10. The van der Waals surface area contributed by atoms with Crippen LogP contribution in [0.1, 0.15) is 18.4 Å². The van der Waals surface area contributed by atoms with E-state index in [-0.39, 0.29) is 6.42 Å². The molecule has 0 spiro atoms. The number of hydrogen-bond acceptors (Lipinski definition) is 2. The van der Waals surface area contributed by atoms with Crippen LogP contribution in [0, 0.1) is 6.92 Å². The van der Waals surface area contributed by atoms with Gasteiger partial charge in [0.1, 0.15) is 6.10 Å². The fourth-order valence-corrected chi connectivity index (χ4v) is 3.70. The Labute approximate surface area is 131 Å². The molecule has 2 nitrogen and oxygen atoms in total. The minimum atomic E-state index is -2.84. The summed E-state index contributed by atoms with van der Waals surface area (Å²) in [6, 6.07) is 6.96. The highest BCUT2D eigenvalue weighted by molar-refractivity contribution is 7.85. The van der Waals surface area contributed by atoms with Crippen molar-refractivity contribution in [3.05, 3.63) is 42.5 Å². The Hall–Kier alpha value is -0.420. The molecule has 0 fully saturated rings. The maximum atomic E-state index is 13.5. The van der Waals surface area contributed by atoms with E-state index in [0.29, 0.717) is 11.3 Å². The first kappa shape index (κ1) is 17.6. The highest BCUT2D eigenvalue weighted by Gasteiger charge is 2.41. The summed E-state index contributed by atoms with van der Waals surface area (Å²) in [6.45, 7) is 5.46. The van der Waals surface area contributed by atoms with E-state index < -0.39 is 26.7 Å². The third kappa shape index (κ3) is 4.85. The lowest BCUT2D eigenvalue weighted by Crippen LogP contribution is -2.40. The molecule has 1 N–H and O–H groups in total. The van der Waals surface area contributed by atoms with Gasteiger partial charge in [-0.05, 0) is 31.9 Å². The van der Waals surface area contributed by atoms with Gasteiger partial charge in [0, 0.05) is 4.90 Å². The Morgan fingerprint density at radius 3 is 2.45 bits per heavy atom. The molecular formula is C14H17Cl2FO2S. The third-order valence-corrected chi connectivity index (χ3v) is 5.10. The van der Waals surface area contributed by atoms with Gasteiger partial charge in [-0.3, -0.25) is 4.21 Å². The average molecular weight is 339 g/mol. The zero-order chi connectivity index (χ0) is 15.3. The number of allylic oxidation sites excluding steroid dienone is 1. The Bertz CT molecular complexity index is 471. The van der Waals surface area contributed by atoms with Crippen LogP contribution >= 0.6 is 23.2 Å². The van der Waals surface area contributed by atoms with Crippen molar-refractivity contribution in [3.8, 4) is 0 Å². The molecular weight excluding hydrogens is 322 g/mol. The molecule has 1 rings (SSSR count). The van der Waals surface area contributed by atoms with E-state index in [1.807, 2.05) is 6.92 Å². The van der Waals surface area contributed by atoms with Crippen molar-refractivity contribution < 1.29 is 13.7 Å². The van der Waals surface area contributed by atoms with Crippen LogP contribution < -0.4 is 0 Å². The fraction of sp³-hybridized carbons (Fsp3) is 0.429. The van der Waals surface area contributed by atoms with Gasteiger partial charge in [-0.25, -0.2) is 4.39 Å². The molecule has 0 bridgehead atoms. The second-order valence-corrected chi connectivity index (χ2v) is 7.47. The first-order chi connectivity index (χ1) is 9.27. The van der Waals surface area contributed by atoms with Crippen molar-refractivity contribution in [2.75, 3.05) is 0 Å². The zero-order valence-corrected chi connectivity index (χ0v) is 13.4. The molecule has 0 saturated carbocycles. The van der Waals surface area contributed by atoms with Crippen molar-refractivity contribution >= 4 is 34.0 Å². The van der Waals surface area contributed by atoms with Crippen molar-refractivity contribution in [2.24, 2.45) is 0 Å². The predicted octanol–water partition coefficient (Wildman–Crippen LogP) is 3.90. The van der Waals surface area contributed by atoms with E-state index in [1.54, 1.807) is 30.3 Å². The van der Waals surface area contributed by atoms with Gasteiger partial charge in [-0.1, -0.05) is 47.0 Å². The molecule has 0 amide bonds. The normalized spacial score (nSPS) is 16.4. The third-order valence-electron chi connectivity index (χ3n) is 2.87. The van der Waals surface area contributed by atoms with Gasteiger partial charge < -0.3 is 5.11 Å². The highest BCUT2D eigenvalue weighted by Crippen LogP contribution is 2.33. The predicted molar refractivity (Wildman–Crippen MR) is 82.4 cm³/mol. The number of aliphatic hydroxyl groups is 1. The zero-order valence-electron chi connectivity index (χ0n) is 11.1. The number of rotatable bonds is 7. The van der Waals surface area contributed by atoms with Gasteiger partial charge in [-0.15, -0.1) is 6.58 Å². The topological polar surface area (TPSA) is 37.3 Å². The summed E-state index contributed by atoms with van der Waals surface area (Å²) in [7, 11) is -1.61. The minimum absolute atomic E-state index is 0.274. The SMILES string of the molecule is C=CCC[C@H]([C@H](O)C(F)(Cl)Cl)[S@@](=O)c1ccc(C)cc1. The molecule has 20 heavy (non-hydrogen) atoms. The summed E-state index contributed by atoms with van der Waals surface area (Å²) in [4.78, 5) is 0.501. The molecule has 0 aliphatic carbocycles. The summed E-state index contributed by atoms with van der Waals surface area (Å²) in [5, 5.41) is 8.99. The molecule has 112 valence electrons. The van der Waals surface area contributed by atoms with Gasteiger partial charge in [-0.2, -0.15) is 0 Å². The van der Waals surface area contributed by atoms with Crippen LogP contribution in [0.3, 0.4) is 0 Å². The second-order valence-electron chi connectivity index (χ2n) is 4.50. The standard InChI is InChI=1S/C14H17Cl2FO2S/c1-3-4-5-12(13(18)14(15,16)17)20(19)11-8-6-10(2)7-9-11/h3,6-9,12-13,18H,1,4-5H2,2H3/t12-,13+,20+/m1/s1. The molecule has 1 aromatic rings. The maximum absolute atomic E-state index is 13.5. The quantitative estimate of drug-likeness (QED) is 0.604.